The van der Waals surface area contributed by atoms with Crippen molar-refractivity contribution in [3.05, 3.63) is 52.8 Å². The Morgan fingerprint density at radius 1 is 1.11 bits per heavy atom. The van der Waals surface area contributed by atoms with Gasteiger partial charge in [0.2, 0.25) is 5.91 Å². The van der Waals surface area contributed by atoms with Crippen LogP contribution in [0.4, 0.5) is 5.13 Å². The third kappa shape index (κ3) is 4.54. The van der Waals surface area contributed by atoms with Gasteiger partial charge in [0.15, 0.2) is 5.13 Å². The zero-order valence-corrected chi connectivity index (χ0v) is 17.3. The molecule has 0 atom stereocenters. The number of carbonyl (C=O) groups excluding carboxylic acids is 1. The SMILES string of the molecule is CC(C)CC(=O)Nc1nc(-c2ccccc2)c(-c2ccc(=O)n(C(C)C)n2)s1. The minimum atomic E-state index is -0.144. The molecule has 6 nitrogen and oxygen atoms in total. The predicted octanol–water partition coefficient (Wildman–Crippen LogP) is 4.60. The summed E-state index contributed by atoms with van der Waals surface area (Å²) in [6.07, 6.45) is 0.437. The minimum absolute atomic E-state index is 0.0502. The lowest BCUT2D eigenvalue weighted by atomic mass is 10.1. The molecular formula is C21H24N4O2S. The summed E-state index contributed by atoms with van der Waals surface area (Å²) in [6, 6.07) is 12.9. The fourth-order valence-corrected chi connectivity index (χ4v) is 3.77. The van der Waals surface area contributed by atoms with Gasteiger partial charge in [-0.05, 0) is 25.8 Å². The smallest absolute Gasteiger partial charge is 0.267 e. The quantitative estimate of drug-likeness (QED) is 0.661. The van der Waals surface area contributed by atoms with Crippen molar-refractivity contribution in [2.24, 2.45) is 5.92 Å². The number of hydrogen-bond donors (Lipinski definition) is 1. The molecule has 0 spiro atoms. The summed E-state index contributed by atoms with van der Waals surface area (Å²) >= 11 is 1.37. The summed E-state index contributed by atoms with van der Waals surface area (Å²) in [5.41, 5.74) is 2.19. The Bertz CT molecular complexity index is 1020. The molecule has 0 saturated carbocycles. The Balaban J connectivity index is 2.07. The maximum absolute atomic E-state index is 12.2. The number of hydrogen-bond acceptors (Lipinski definition) is 5. The second kappa shape index (κ2) is 8.48. The number of nitrogens with zero attached hydrogens (tertiary/aromatic N) is 3. The van der Waals surface area contributed by atoms with Gasteiger partial charge in [-0.15, -0.1) is 0 Å². The number of carbonyl (C=O) groups is 1. The fourth-order valence-electron chi connectivity index (χ4n) is 2.80. The van der Waals surface area contributed by atoms with Crippen molar-refractivity contribution < 1.29 is 4.79 Å². The minimum Gasteiger partial charge on any atom is -0.302 e. The van der Waals surface area contributed by atoms with Crippen LogP contribution in [0.1, 0.15) is 40.2 Å². The van der Waals surface area contributed by atoms with Gasteiger partial charge in [0.25, 0.3) is 5.56 Å². The highest BCUT2D eigenvalue weighted by atomic mass is 32.1. The van der Waals surface area contributed by atoms with E-state index in [0.29, 0.717) is 17.2 Å². The van der Waals surface area contributed by atoms with Crippen molar-refractivity contribution >= 4 is 22.4 Å². The molecule has 2 heterocycles. The van der Waals surface area contributed by atoms with Crippen LogP contribution in [0, 0.1) is 5.92 Å². The molecule has 1 N–H and O–H groups in total. The van der Waals surface area contributed by atoms with Crippen LogP contribution in [-0.2, 0) is 4.79 Å². The van der Waals surface area contributed by atoms with Crippen LogP contribution in [0.5, 0.6) is 0 Å². The van der Waals surface area contributed by atoms with Crippen molar-refractivity contribution in [2.45, 2.75) is 40.2 Å². The van der Waals surface area contributed by atoms with E-state index in [0.717, 1.165) is 16.1 Å². The molecule has 0 saturated heterocycles. The molecule has 1 amide bonds. The van der Waals surface area contributed by atoms with Crippen molar-refractivity contribution in [3.63, 3.8) is 0 Å². The molecule has 7 heteroatoms. The third-order valence-electron chi connectivity index (χ3n) is 4.06. The standard InChI is InChI=1S/C21H24N4O2S/c1-13(2)12-17(26)22-21-23-19(15-8-6-5-7-9-15)20(28-21)16-10-11-18(27)25(24-16)14(3)4/h5-11,13-14H,12H2,1-4H3,(H,22,23,26). The van der Waals surface area contributed by atoms with Gasteiger partial charge in [-0.1, -0.05) is 55.5 Å². The first-order chi connectivity index (χ1) is 13.3. The largest absolute Gasteiger partial charge is 0.302 e. The summed E-state index contributed by atoms with van der Waals surface area (Å²) in [4.78, 5) is 29.8. The lowest BCUT2D eigenvalue weighted by Gasteiger charge is -2.09. The molecule has 0 radical (unpaired) electrons. The zero-order valence-electron chi connectivity index (χ0n) is 16.5. The van der Waals surface area contributed by atoms with Gasteiger partial charge in [-0.25, -0.2) is 9.67 Å². The Hall–Kier alpha value is -2.80. The molecule has 0 fully saturated rings. The lowest BCUT2D eigenvalue weighted by Crippen LogP contribution is -2.23. The highest BCUT2D eigenvalue weighted by molar-refractivity contribution is 7.19. The Morgan fingerprint density at radius 3 is 2.46 bits per heavy atom. The van der Waals surface area contributed by atoms with Crippen LogP contribution in [0.3, 0.4) is 0 Å². The number of aromatic nitrogens is 3. The van der Waals surface area contributed by atoms with E-state index in [1.54, 1.807) is 6.07 Å². The number of rotatable bonds is 6. The highest BCUT2D eigenvalue weighted by Crippen LogP contribution is 2.38. The predicted molar refractivity (Wildman–Crippen MR) is 114 cm³/mol. The topological polar surface area (TPSA) is 76.9 Å². The molecule has 3 aromatic rings. The van der Waals surface area contributed by atoms with Gasteiger partial charge < -0.3 is 5.32 Å². The molecule has 28 heavy (non-hydrogen) atoms. The summed E-state index contributed by atoms with van der Waals surface area (Å²) < 4.78 is 1.46. The number of anilines is 1. The number of thiazole rings is 1. The number of benzene rings is 1. The average molecular weight is 397 g/mol. The van der Waals surface area contributed by atoms with Gasteiger partial charge in [-0.3, -0.25) is 9.59 Å². The summed E-state index contributed by atoms with van der Waals surface area (Å²) in [6.45, 7) is 7.84. The lowest BCUT2D eigenvalue weighted by molar-refractivity contribution is -0.116. The van der Waals surface area contributed by atoms with Crippen LogP contribution in [0.2, 0.25) is 0 Å². The monoisotopic (exact) mass is 396 g/mol. The van der Waals surface area contributed by atoms with E-state index >= 15 is 0 Å². The van der Waals surface area contributed by atoms with E-state index in [2.05, 4.69) is 15.4 Å². The van der Waals surface area contributed by atoms with Gasteiger partial charge >= 0.3 is 0 Å². The van der Waals surface area contributed by atoms with Crippen LogP contribution in [0.25, 0.3) is 21.8 Å². The Kier molecular flexibility index (Phi) is 6.04. The van der Waals surface area contributed by atoms with E-state index < -0.39 is 0 Å². The van der Waals surface area contributed by atoms with E-state index in [4.69, 9.17) is 0 Å². The van der Waals surface area contributed by atoms with Gasteiger partial charge in [0, 0.05) is 18.1 Å². The summed E-state index contributed by atoms with van der Waals surface area (Å²) in [5.74, 6) is 0.208. The van der Waals surface area contributed by atoms with E-state index in [1.165, 1.54) is 22.1 Å². The van der Waals surface area contributed by atoms with Crippen molar-refractivity contribution in [1.82, 2.24) is 14.8 Å². The van der Waals surface area contributed by atoms with E-state index in [-0.39, 0.29) is 23.4 Å². The molecular weight excluding hydrogens is 372 g/mol. The molecule has 0 aliphatic carbocycles. The Labute approximate surface area is 168 Å². The number of nitrogens with one attached hydrogen (secondary N) is 1. The Morgan fingerprint density at radius 2 is 1.82 bits per heavy atom. The second-order valence-electron chi connectivity index (χ2n) is 7.30. The number of amides is 1. The van der Waals surface area contributed by atoms with Crippen LogP contribution in [0.15, 0.2) is 47.3 Å². The van der Waals surface area contributed by atoms with Gasteiger partial charge in [0.1, 0.15) is 5.69 Å². The molecule has 0 unspecified atom stereocenters. The highest BCUT2D eigenvalue weighted by Gasteiger charge is 2.19. The molecule has 0 bridgehead atoms. The van der Waals surface area contributed by atoms with Crippen LogP contribution < -0.4 is 10.9 Å². The fraction of sp³-hybridized carbons (Fsp3) is 0.333. The first kappa shape index (κ1) is 19.9. The molecule has 3 rings (SSSR count). The first-order valence-corrected chi connectivity index (χ1v) is 10.1. The maximum Gasteiger partial charge on any atom is 0.267 e. The second-order valence-corrected chi connectivity index (χ2v) is 8.30. The molecule has 2 aromatic heterocycles. The molecule has 0 aliphatic rings. The van der Waals surface area contributed by atoms with E-state index in [9.17, 15) is 9.59 Å². The van der Waals surface area contributed by atoms with E-state index in [1.807, 2.05) is 58.0 Å². The van der Waals surface area contributed by atoms with Crippen LogP contribution in [-0.4, -0.2) is 20.7 Å². The molecule has 1 aromatic carbocycles. The summed E-state index contributed by atoms with van der Waals surface area (Å²) in [5, 5.41) is 7.96. The van der Waals surface area contributed by atoms with Gasteiger partial charge in [-0.2, -0.15) is 5.10 Å². The van der Waals surface area contributed by atoms with Gasteiger partial charge in [0.05, 0.1) is 16.6 Å². The van der Waals surface area contributed by atoms with Crippen molar-refractivity contribution in [1.29, 1.82) is 0 Å². The van der Waals surface area contributed by atoms with Crippen LogP contribution >= 0.6 is 11.3 Å². The first-order valence-electron chi connectivity index (χ1n) is 9.31. The maximum atomic E-state index is 12.2. The van der Waals surface area contributed by atoms with Crippen molar-refractivity contribution in [2.75, 3.05) is 5.32 Å². The third-order valence-corrected chi connectivity index (χ3v) is 5.05. The molecule has 146 valence electrons. The normalized spacial score (nSPS) is 11.2. The average Bonchev–Trinajstić information content (AvgIpc) is 3.05. The van der Waals surface area contributed by atoms with Crippen molar-refractivity contribution in [3.8, 4) is 21.8 Å². The zero-order chi connectivity index (χ0) is 20.3. The summed E-state index contributed by atoms with van der Waals surface area (Å²) in [7, 11) is 0. The molecule has 0 aliphatic heterocycles.